The number of piperidine rings is 1. The van der Waals surface area contributed by atoms with E-state index < -0.39 is 0 Å². The van der Waals surface area contributed by atoms with E-state index in [-0.39, 0.29) is 0 Å². The number of rotatable bonds is 6. The van der Waals surface area contributed by atoms with Gasteiger partial charge < -0.3 is 0 Å². The van der Waals surface area contributed by atoms with Gasteiger partial charge in [0.25, 0.3) is 0 Å². The van der Waals surface area contributed by atoms with Crippen LogP contribution in [0.3, 0.4) is 0 Å². The first-order valence-corrected chi connectivity index (χ1v) is 10.3. The second kappa shape index (κ2) is 11.9. The number of hydrogen-bond acceptors (Lipinski definition) is 1. The van der Waals surface area contributed by atoms with Crippen LogP contribution in [0.4, 0.5) is 0 Å². The van der Waals surface area contributed by atoms with Crippen LogP contribution in [-0.2, 0) is 0 Å². The van der Waals surface area contributed by atoms with Crippen molar-refractivity contribution in [2.75, 3.05) is 13.1 Å². The molecule has 0 radical (unpaired) electrons. The fourth-order valence-corrected chi connectivity index (χ4v) is 3.75. The average Bonchev–Trinajstić information content (AvgIpc) is 2.63. The highest BCUT2D eigenvalue weighted by molar-refractivity contribution is 5.37. The zero-order chi connectivity index (χ0) is 19.5. The molecule has 1 heterocycles. The topological polar surface area (TPSA) is 3.24 Å². The Morgan fingerprint density at radius 3 is 2.19 bits per heavy atom. The molecule has 0 spiro atoms. The van der Waals surface area contributed by atoms with Gasteiger partial charge in [-0.1, -0.05) is 74.4 Å². The smallest absolute Gasteiger partial charge is 0.0390 e. The summed E-state index contributed by atoms with van der Waals surface area (Å²) in [6.07, 6.45) is 11.6. The van der Waals surface area contributed by atoms with Crippen molar-refractivity contribution in [2.45, 2.75) is 73.3 Å². The Balaban J connectivity index is 0.00000163. The number of aryl methyl sites for hydroxylation is 2. The van der Waals surface area contributed by atoms with E-state index in [1.54, 1.807) is 0 Å². The summed E-state index contributed by atoms with van der Waals surface area (Å²) >= 11 is 0. The van der Waals surface area contributed by atoms with Crippen LogP contribution in [0.5, 0.6) is 0 Å². The molecule has 144 valence electrons. The van der Waals surface area contributed by atoms with Gasteiger partial charge in [-0.3, -0.25) is 4.90 Å². The maximum absolute atomic E-state index is 3.93. The molecule has 0 aliphatic carbocycles. The summed E-state index contributed by atoms with van der Waals surface area (Å²) in [6.45, 7) is 19.2. The molecule has 1 fully saturated rings. The van der Waals surface area contributed by atoms with Gasteiger partial charge >= 0.3 is 0 Å². The van der Waals surface area contributed by atoms with Crippen molar-refractivity contribution in [1.29, 1.82) is 0 Å². The fourth-order valence-electron chi connectivity index (χ4n) is 3.75. The van der Waals surface area contributed by atoms with Gasteiger partial charge in [0.05, 0.1) is 0 Å². The van der Waals surface area contributed by atoms with E-state index in [1.807, 2.05) is 20.8 Å². The molecule has 0 N–H and O–H groups in total. The highest BCUT2D eigenvalue weighted by Crippen LogP contribution is 2.34. The van der Waals surface area contributed by atoms with Crippen LogP contribution in [0.25, 0.3) is 0 Å². The second-order valence-electron chi connectivity index (χ2n) is 7.34. The van der Waals surface area contributed by atoms with Crippen molar-refractivity contribution in [1.82, 2.24) is 4.90 Å². The minimum absolute atomic E-state index is 0.501. The van der Waals surface area contributed by atoms with Crippen molar-refractivity contribution >= 4 is 0 Å². The Labute approximate surface area is 162 Å². The molecule has 1 nitrogen and oxygen atoms in total. The minimum Gasteiger partial charge on any atom is -0.296 e. The number of likely N-dealkylation sites (tertiary alicyclic amines) is 1. The molecular weight excluding hydrogens is 314 g/mol. The molecule has 1 saturated heterocycles. The van der Waals surface area contributed by atoms with Crippen LogP contribution in [-0.4, -0.2) is 18.0 Å². The summed E-state index contributed by atoms with van der Waals surface area (Å²) in [5.41, 5.74) is 6.93. The maximum atomic E-state index is 3.93. The van der Waals surface area contributed by atoms with Crippen molar-refractivity contribution in [3.63, 3.8) is 0 Å². The van der Waals surface area contributed by atoms with Crippen LogP contribution in [0.1, 0.15) is 76.1 Å². The van der Waals surface area contributed by atoms with Gasteiger partial charge in [-0.05, 0) is 76.7 Å². The number of benzene rings is 1. The number of hydrogen-bond donors (Lipinski definition) is 0. The van der Waals surface area contributed by atoms with Crippen LogP contribution in [0.15, 0.2) is 54.2 Å². The Morgan fingerprint density at radius 1 is 1.08 bits per heavy atom. The summed E-state index contributed by atoms with van der Waals surface area (Å²) in [5, 5.41) is 0. The first kappa shape index (κ1) is 22.4. The molecular formula is C25H39N. The second-order valence-corrected chi connectivity index (χ2v) is 7.34. The van der Waals surface area contributed by atoms with Crippen LogP contribution < -0.4 is 0 Å². The SMILES string of the molecule is C=C(C)/C=C\C=C(\C)CC(c1c(C)cccc1C)N1CCCCC1.CC. The molecule has 1 aromatic carbocycles. The molecule has 0 amide bonds. The monoisotopic (exact) mass is 353 g/mol. The predicted octanol–water partition coefficient (Wildman–Crippen LogP) is 7.33. The predicted molar refractivity (Wildman–Crippen MR) is 118 cm³/mol. The summed E-state index contributed by atoms with van der Waals surface area (Å²) in [6, 6.07) is 7.21. The van der Waals surface area contributed by atoms with Gasteiger partial charge in [0.2, 0.25) is 0 Å². The highest BCUT2D eigenvalue weighted by atomic mass is 15.2. The Kier molecular flexibility index (Phi) is 10.3. The molecule has 1 aliphatic heterocycles. The lowest BCUT2D eigenvalue weighted by atomic mass is 9.89. The third-order valence-corrected chi connectivity index (χ3v) is 4.98. The lowest BCUT2D eigenvalue weighted by Crippen LogP contribution is -2.34. The molecule has 0 saturated carbocycles. The van der Waals surface area contributed by atoms with Gasteiger partial charge in [0, 0.05) is 6.04 Å². The first-order chi connectivity index (χ1) is 12.5. The lowest BCUT2D eigenvalue weighted by Gasteiger charge is -2.36. The highest BCUT2D eigenvalue weighted by Gasteiger charge is 2.24. The van der Waals surface area contributed by atoms with Gasteiger partial charge in [-0.15, -0.1) is 0 Å². The van der Waals surface area contributed by atoms with E-state index in [0.29, 0.717) is 6.04 Å². The minimum atomic E-state index is 0.501. The quantitative estimate of drug-likeness (QED) is 0.484. The molecule has 1 unspecified atom stereocenters. The molecule has 1 atom stereocenters. The molecule has 0 bridgehead atoms. The van der Waals surface area contributed by atoms with E-state index in [0.717, 1.165) is 12.0 Å². The van der Waals surface area contributed by atoms with E-state index in [2.05, 4.69) is 68.7 Å². The normalized spacial score (nSPS) is 16.9. The third kappa shape index (κ3) is 6.96. The summed E-state index contributed by atoms with van der Waals surface area (Å²) in [4.78, 5) is 2.71. The van der Waals surface area contributed by atoms with E-state index in [9.17, 15) is 0 Å². The van der Waals surface area contributed by atoms with Gasteiger partial charge in [-0.2, -0.15) is 0 Å². The van der Waals surface area contributed by atoms with Gasteiger partial charge in [-0.25, -0.2) is 0 Å². The summed E-state index contributed by atoms with van der Waals surface area (Å²) in [7, 11) is 0. The summed E-state index contributed by atoms with van der Waals surface area (Å²) in [5.74, 6) is 0. The Hall–Kier alpha value is -1.60. The van der Waals surface area contributed by atoms with Crippen molar-refractivity contribution in [2.24, 2.45) is 0 Å². The molecule has 1 heteroatoms. The molecule has 2 rings (SSSR count). The Morgan fingerprint density at radius 2 is 1.65 bits per heavy atom. The molecule has 1 aliphatic rings. The fraction of sp³-hybridized carbons (Fsp3) is 0.520. The third-order valence-electron chi connectivity index (χ3n) is 4.98. The number of nitrogens with zero attached hydrogens (tertiary/aromatic N) is 1. The van der Waals surface area contributed by atoms with E-state index in [1.165, 1.54) is 54.6 Å². The van der Waals surface area contributed by atoms with E-state index >= 15 is 0 Å². The lowest BCUT2D eigenvalue weighted by molar-refractivity contribution is 0.161. The summed E-state index contributed by atoms with van der Waals surface area (Å²) < 4.78 is 0. The van der Waals surface area contributed by atoms with Crippen LogP contribution in [0, 0.1) is 13.8 Å². The van der Waals surface area contributed by atoms with E-state index in [4.69, 9.17) is 0 Å². The zero-order valence-corrected chi connectivity index (χ0v) is 17.9. The van der Waals surface area contributed by atoms with Gasteiger partial charge in [0.15, 0.2) is 0 Å². The average molecular weight is 354 g/mol. The standard InChI is InChI=1S/C23H33N.C2H6/c1-18(2)11-9-12-19(3)17-22(24-15-7-6-8-16-24)23-20(4)13-10-14-21(23)5;1-2/h9-14,22H,1,6-8,15-17H2,2-5H3;1-2H3/b11-9-,19-12-;. The molecule has 26 heavy (non-hydrogen) atoms. The largest absolute Gasteiger partial charge is 0.296 e. The van der Waals surface area contributed by atoms with Crippen LogP contribution in [0.2, 0.25) is 0 Å². The molecule has 1 aromatic rings. The maximum Gasteiger partial charge on any atom is 0.0390 e. The zero-order valence-electron chi connectivity index (χ0n) is 17.9. The van der Waals surface area contributed by atoms with Crippen molar-refractivity contribution in [3.8, 4) is 0 Å². The van der Waals surface area contributed by atoms with Gasteiger partial charge in [0.1, 0.15) is 0 Å². The Bertz CT molecular complexity index is 595. The number of allylic oxidation sites excluding steroid dienone is 4. The first-order valence-electron chi connectivity index (χ1n) is 10.3. The van der Waals surface area contributed by atoms with Crippen molar-refractivity contribution < 1.29 is 0 Å². The van der Waals surface area contributed by atoms with Crippen molar-refractivity contribution in [3.05, 3.63) is 70.8 Å². The molecule has 0 aromatic heterocycles. The van der Waals surface area contributed by atoms with Crippen LogP contribution >= 0.6 is 0 Å².